The van der Waals surface area contributed by atoms with Gasteiger partial charge in [0.2, 0.25) is 0 Å². The van der Waals surface area contributed by atoms with Crippen molar-refractivity contribution in [2.75, 3.05) is 45.1 Å². The molecule has 2 N–H and O–H groups in total. The van der Waals surface area contributed by atoms with Crippen LogP contribution < -0.4 is 10.1 Å². The van der Waals surface area contributed by atoms with Crippen molar-refractivity contribution in [1.82, 2.24) is 29.7 Å². The maximum Gasteiger partial charge on any atom is 0.416 e. The molecule has 0 radical (unpaired) electrons. The smallest absolute Gasteiger partial charge is 0.416 e. The van der Waals surface area contributed by atoms with Crippen molar-refractivity contribution in [3.63, 3.8) is 0 Å². The molecule has 1 fully saturated rings. The number of benzene rings is 2. The quantitative estimate of drug-likeness (QED) is 0.193. The van der Waals surface area contributed by atoms with E-state index in [9.17, 15) is 18.0 Å². The lowest BCUT2D eigenvalue weighted by molar-refractivity contribution is -0.138. The number of carbonyl (C=O) groups excluding carboxylic acids is 1. The van der Waals surface area contributed by atoms with Gasteiger partial charge < -0.3 is 24.8 Å². The molecule has 13 heteroatoms. The molecule has 2 aliphatic rings. The van der Waals surface area contributed by atoms with Crippen LogP contribution in [0.4, 0.5) is 28.0 Å². The molecule has 9 nitrogen and oxygen atoms in total. The molecular formula is C35H33F4N7O2. The number of hydrogen-bond acceptors (Lipinski definition) is 6. The van der Waals surface area contributed by atoms with Crippen LogP contribution in [-0.4, -0.2) is 75.5 Å². The molecule has 1 saturated heterocycles. The molecular weight excluding hydrogens is 626 g/mol. The number of fused-ring (bicyclic) bond motifs is 2. The Morgan fingerprint density at radius 2 is 1.77 bits per heavy atom. The summed E-state index contributed by atoms with van der Waals surface area (Å²) >= 11 is 0. The summed E-state index contributed by atoms with van der Waals surface area (Å²) in [4.78, 5) is 30.4. The zero-order valence-electron chi connectivity index (χ0n) is 26.1. The predicted octanol–water partition coefficient (Wildman–Crippen LogP) is 6.91. The van der Waals surface area contributed by atoms with Crippen molar-refractivity contribution in [2.24, 2.45) is 0 Å². The number of nitrogens with one attached hydrogen (secondary N) is 2. The SMILES string of the molecule is CN1CCN(Cc2ccc(NC(=O)N3CCc4ccc(Oc5c(F)cnc6[nH]c(-c7ccncc7)cc56)cc4C3)cc2C(F)(F)F)CC1. The van der Waals surface area contributed by atoms with E-state index in [1.165, 1.54) is 17.0 Å². The van der Waals surface area contributed by atoms with Gasteiger partial charge >= 0.3 is 12.2 Å². The molecule has 3 aromatic heterocycles. The first-order valence-corrected chi connectivity index (χ1v) is 15.6. The minimum atomic E-state index is -4.57. The summed E-state index contributed by atoms with van der Waals surface area (Å²) < 4.78 is 63.4. The number of piperazine rings is 1. The van der Waals surface area contributed by atoms with Crippen molar-refractivity contribution in [3.8, 4) is 22.8 Å². The average Bonchev–Trinajstić information content (AvgIpc) is 3.52. The minimum absolute atomic E-state index is 0.0125. The van der Waals surface area contributed by atoms with E-state index in [1.807, 2.05) is 30.1 Å². The Bertz CT molecular complexity index is 1960. The number of hydrogen-bond donors (Lipinski definition) is 2. The normalized spacial score (nSPS) is 15.8. The van der Waals surface area contributed by atoms with E-state index in [4.69, 9.17) is 4.74 Å². The van der Waals surface area contributed by atoms with Gasteiger partial charge in [-0.25, -0.2) is 14.2 Å². The number of likely N-dealkylation sites (N-methyl/N-ethyl adjacent to an activating group) is 1. The zero-order chi connectivity index (χ0) is 33.4. The molecule has 5 heterocycles. The number of ether oxygens (including phenoxy) is 1. The van der Waals surface area contributed by atoms with Gasteiger partial charge in [-0.15, -0.1) is 0 Å². The Balaban J connectivity index is 1.06. The number of anilines is 1. The lowest BCUT2D eigenvalue weighted by Crippen LogP contribution is -2.44. The fraction of sp³-hybridized carbons (Fsp3) is 0.286. The van der Waals surface area contributed by atoms with Crippen LogP contribution >= 0.6 is 0 Å². The molecule has 248 valence electrons. The minimum Gasteiger partial charge on any atom is -0.453 e. The number of amides is 2. The third-order valence-corrected chi connectivity index (χ3v) is 8.91. The van der Waals surface area contributed by atoms with Crippen LogP contribution in [0.3, 0.4) is 0 Å². The third-order valence-electron chi connectivity index (χ3n) is 8.91. The summed E-state index contributed by atoms with van der Waals surface area (Å²) in [5.41, 5.74) is 3.35. The van der Waals surface area contributed by atoms with Crippen molar-refractivity contribution >= 4 is 22.8 Å². The Hall–Kier alpha value is -5.01. The average molecular weight is 660 g/mol. The monoisotopic (exact) mass is 659 g/mol. The van der Waals surface area contributed by atoms with E-state index in [-0.39, 0.29) is 30.1 Å². The highest BCUT2D eigenvalue weighted by molar-refractivity contribution is 5.90. The third kappa shape index (κ3) is 6.69. The summed E-state index contributed by atoms with van der Waals surface area (Å²) in [7, 11) is 1.99. The van der Waals surface area contributed by atoms with Crippen LogP contribution in [0.1, 0.15) is 22.3 Å². The van der Waals surface area contributed by atoms with Crippen molar-refractivity contribution in [2.45, 2.75) is 25.7 Å². The zero-order valence-corrected chi connectivity index (χ0v) is 26.1. The van der Waals surface area contributed by atoms with E-state index in [1.54, 1.807) is 30.6 Å². The number of nitrogens with zero attached hydrogens (tertiary/aromatic N) is 5. The van der Waals surface area contributed by atoms with Crippen molar-refractivity contribution < 1.29 is 27.1 Å². The van der Waals surface area contributed by atoms with Gasteiger partial charge in [0.05, 0.1) is 17.1 Å². The maximum atomic E-state index is 15.0. The highest BCUT2D eigenvalue weighted by atomic mass is 19.4. The van der Waals surface area contributed by atoms with Crippen LogP contribution in [0, 0.1) is 5.82 Å². The maximum absolute atomic E-state index is 15.0. The molecule has 0 unspecified atom stereocenters. The second-order valence-corrected chi connectivity index (χ2v) is 12.2. The molecule has 2 aliphatic heterocycles. The van der Waals surface area contributed by atoms with E-state index < -0.39 is 23.6 Å². The van der Waals surface area contributed by atoms with Crippen LogP contribution in [0.15, 0.2) is 73.2 Å². The first-order valence-electron chi connectivity index (χ1n) is 15.6. The Kier molecular flexibility index (Phi) is 8.48. The number of pyridine rings is 2. The first-order chi connectivity index (χ1) is 23.1. The van der Waals surface area contributed by atoms with Gasteiger partial charge in [-0.3, -0.25) is 9.88 Å². The number of rotatable bonds is 6. The Morgan fingerprint density at radius 3 is 2.54 bits per heavy atom. The molecule has 0 atom stereocenters. The standard InChI is InChI=1S/C35H33F4N7O2/c1-44-12-14-45(15-13-44)20-24-2-4-26(17-29(24)35(37,38)39)42-34(47)46-11-8-22-3-5-27(16-25(22)21-46)48-32-28-18-31(23-6-9-40-10-7-23)43-33(28)41-19-30(32)36/h2-7,9-10,16-19H,8,11-15,20-21H2,1H3,(H,41,43)(H,42,47). The largest absolute Gasteiger partial charge is 0.453 e. The molecule has 48 heavy (non-hydrogen) atoms. The van der Waals surface area contributed by atoms with Gasteiger partial charge in [0.1, 0.15) is 11.4 Å². The van der Waals surface area contributed by atoms with Gasteiger partial charge in [-0.1, -0.05) is 12.1 Å². The fourth-order valence-corrected chi connectivity index (χ4v) is 6.21. The first kappa shape index (κ1) is 31.6. The van der Waals surface area contributed by atoms with Crippen molar-refractivity contribution in [3.05, 3.63) is 101 Å². The number of alkyl halides is 3. The molecule has 0 aliphatic carbocycles. The summed E-state index contributed by atoms with van der Waals surface area (Å²) in [6.07, 6.45) is 0.396. The summed E-state index contributed by atoms with van der Waals surface area (Å²) in [6, 6.07) is 14.3. The van der Waals surface area contributed by atoms with E-state index >= 15 is 4.39 Å². The van der Waals surface area contributed by atoms with Gasteiger partial charge in [-0.05, 0) is 72.6 Å². The van der Waals surface area contributed by atoms with Gasteiger partial charge in [0.25, 0.3) is 0 Å². The van der Waals surface area contributed by atoms with E-state index in [0.717, 1.165) is 47.7 Å². The molecule has 0 bridgehead atoms. The number of aromatic amines is 1. The van der Waals surface area contributed by atoms with Crippen LogP contribution in [0.2, 0.25) is 0 Å². The molecule has 2 amide bonds. The molecule has 2 aromatic carbocycles. The lowest BCUT2D eigenvalue weighted by atomic mass is 9.99. The molecule has 0 spiro atoms. The van der Waals surface area contributed by atoms with E-state index in [0.29, 0.717) is 42.8 Å². The van der Waals surface area contributed by atoms with Gasteiger partial charge in [0.15, 0.2) is 11.6 Å². The van der Waals surface area contributed by atoms with E-state index in [2.05, 4.69) is 25.2 Å². The molecule has 0 saturated carbocycles. The number of carbonyl (C=O) groups is 1. The predicted molar refractivity (Wildman–Crippen MR) is 173 cm³/mol. The van der Waals surface area contributed by atoms with Crippen molar-refractivity contribution in [1.29, 1.82) is 0 Å². The van der Waals surface area contributed by atoms with Crippen LogP contribution in [0.25, 0.3) is 22.3 Å². The number of H-pyrrole nitrogens is 1. The highest BCUT2D eigenvalue weighted by Crippen LogP contribution is 2.37. The highest BCUT2D eigenvalue weighted by Gasteiger charge is 2.34. The second-order valence-electron chi connectivity index (χ2n) is 12.2. The Morgan fingerprint density at radius 1 is 0.979 bits per heavy atom. The number of urea groups is 1. The van der Waals surface area contributed by atoms with Crippen LogP contribution in [-0.2, 0) is 25.7 Å². The summed E-state index contributed by atoms with van der Waals surface area (Å²) in [5, 5.41) is 3.13. The summed E-state index contributed by atoms with van der Waals surface area (Å²) in [6.45, 7) is 3.76. The number of halogens is 4. The second kappa shape index (κ2) is 12.9. The Labute approximate surface area is 274 Å². The van der Waals surface area contributed by atoms with Gasteiger partial charge in [-0.2, -0.15) is 13.2 Å². The molecule has 7 rings (SSSR count). The summed E-state index contributed by atoms with van der Waals surface area (Å²) in [5.74, 6) is -0.243. The lowest BCUT2D eigenvalue weighted by Gasteiger charge is -2.33. The number of aromatic nitrogens is 3. The fourth-order valence-electron chi connectivity index (χ4n) is 6.21. The molecule has 5 aromatic rings. The van der Waals surface area contributed by atoms with Crippen LogP contribution in [0.5, 0.6) is 11.5 Å². The topological polar surface area (TPSA) is 89.6 Å². The van der Waals surface area contributed by atoms with Gasteiger partial charge in [0, 0.05) is 75.2 Å².